The van der Waals surface area contributed by atoms with Crippen LogP contribution in [0, 0.1) is 5.92 Å². The van der Waals surface area contributed by atoms with Crippen LogP contribution in [0.1, 0.15) is 43.1 Å². The first-order valence-electron chi connectivity index (χ1n) is 10.1. The fourth-order valence-electron chi connectivity index (χ4n) is 2.92. The Kier molecular flexibility index (Phi) is 9.99. The molecule has 32 heavy (non-hydrogen) atoms. The lowest BCUT2D eigenvalue weighted by atomic mass is 10.0. The number of hydrogen-bond acceptors (Lipinski definition) is 5. The van der Waals surface area contributed by atoms with Crippen LogP contribution in [0.3, 0.4) is 0 Å². The van der Waals surface area contributed by atoms with E-state index in [1.54, 1.807) is 43.5 Å². The van der Waals surface area contributed by atoms with Crippen molar-refractivity contribution in [2.24, 2.45) is 11.0 Å². The molecule has 0 aliphatic heterocycles. The van der Waals surface area contributed by atoms with E-state index in [0.29, 0.717) is 45.1 Å². The molecule has 2 rings (SSSR count). The molecule has 0 bridgehead atoms. The molecule has 1 atom stereocenters. The van der Waals surface area contributed by atoms with Gasteiger partial charge in [-0.15, -0.1) is 0 Å². The highest BCUT2D eigenvalue weighted by molar-refractivity contribution is 9.10. The Bertz CT molecular complexity index is 964. The Balaban J connectivity index is 2.10. The van der Waals surface area contributed by atoms with Crippen molar-refractivity contribution in [1.82, 2.24) is 10.7 Å². The van der Waals surface area contributed by atoms with Gasteiger partial charge in [-0.05, 0) is 77.2 Å². The molecule has 0 saturated heterocycles. The largest absolute Gasteiger partial charge is 0.492 e. The second kappa shape index (κ2) is 12.5. The van der Waals surface area contributed by atoms with Gasteiger partial charge in [-0.3, -0.25) is 9.59 Å². The minimum atomic E-state index is -0.739. The average molecular weight is 525 g/mol. The van der Waals surface area contributed by atoms with Gasteiger partial charge in [-0.25, -0.2) is 5.43 Å². The SMILES string of the molecule is CCOc1cc(C=NNC(=O)C(CC(C)C)NC(=O)c2ccc(Cl)cc2)cc(Br)c1OC. The van der Waals surface area contributed by atoms with Crippen molar-refractivity contribution in [2.45, 2.75) is 33.2 Å². The van der Waals surface area contributed by atoms with Crippen molar-refractivity contribution in [3.63, 3.8) is 0 Å². The zero-order valence-corrected chi connectivity index (χ0v) is 20.8. The molecule has 2 amide bonds. The molecule has 0 fully saturated rings. The van der Waals surface area contributed by atoms with Gasteiger partial charge >= 0.3 is 0 Å². The predicted molar refractivity (Wildman–Crippen MR) is 130 cm³/mol. The second-order valence-electron chi connectivity index (χ2n) is 7.36. The number of hydrogen-bond donors (Lipinski definition) is 2. The van der Waals surface area contributed by atoms with Gasteiger partial charge in [0.15, 0.2) is 11.5 Å². The van der Waals surface area contributed by atoms with E-state index < -0.39 is 11.9 Å². The molecule has 2 aromatic carbocycles. The van der Waals surface area contributed by atoms with E-state index >= 15 is 0 Å². The quantitative estimate of drug-likeness (QED) is 0.345. The van der Waals surface area contributed by atoms with Crippen molar-refractivity contribution >= 4 is 45.6 Å². The highest BCUT2D eigenvalue weighted by Crippen LogP contribution is 2.36. The fraction of sp³-hybridized carbons (Fsp3) is 0.348. The first-order valence-corrected chi connectivity index (χ1v) is 11.3. The molecule has 0 saturated carbocycles. The Morgan fingerprint density at radius 3 is 2.50 bits per heavy atom. The van der Waals surface area contributed by atoms with Crippen LogP contribution < -0.4 is 20.2 Å². The molecule has 0 spiro atoms. The highest BCUT2D eigenvalue weighted by Gasteiger charge is 2.22. The molecule has 0 aliphatic rings. The van der Waals surface area contributed by atoms with Crippen LogP contribution in [0.25, 0.3) is 0 Å². The monoisotopic (exact) mass is 523 g/mol. The summed E-state index contributed by atoms with van der Waals surface area (Å²) in [6.07, 6.45) is 1.96. The number of carbonyl (C=O) groups is 2. The van der Waals surface area contributed by atoms with E-state index in [2.05, 4.69) is 31.8 Å². The minimum absolute atomic E-state index is 0.187. The average Bonchev–Trinajstić information content (AvgIpc) is 2.73. The van der Waals surface area contributed by atoms with Crippen LogP contribution in [-0.2, 0) is 4.79 Å². The molecule has 2 N–H and O–H groups in total. The van der Waals surface area contributed by atoms with Gasteiger partial charge in [0.1, 0.15) is 6.04 Å². The normalized spacial score (nSPS) is 12.0. The summed E-state index contributed by atoms with van der Waals surface area (Å²) in [6.45, 7) is 6.30. The zero-order chi connectivity index (χ0) is 23.7. The first-order chi connectivity index (χ1) is 15.2. The summed E-state index contributed by atoms with van der Waals surface area (Å²) in [5, 5.41) is 7.35. The Morgan fingerprint density at radius 1 is 1.22 bits per heavy atom. The molecule has 1 unspecified atom stereocenters. The predicted octanol–water partition coefficient (Wildman–Crippen LogP) is 4.80. The Labute approximate surface area is 201 Å². The zero-order valence-electron chi connectivity index (χ0n) is 18.4. The lowest BCUT2D eigenvalue weighted by Gasteiger charge is -2.19. The summed E-state index contributed by atoms with van der Waals surface area (Å²) in [5.41, 5.74) is 3.63. The number of nitrogens with one attached hydrogen (secondary N) is 2. The molecule has 2 aromatic rings. The number of benzene rings is 2. The van der Waals surface area contributed by atoms with Crippen molar-refractivity contribution in [2.75, 3.05) is 13.7 Å². The molecule has 0 aliphatic carbocycles. The molecule has 0 heterocycles. The van der Waals surface area contributed by atoms with E-state index in [4.69, 9.17) is 21.1 Å². The van der Waals surface area contributed by atoms with Gasteiger partial charge in [-0.1, -0.05) is 25.4 Å². The molecule has 0 aromatic heterocycles. The third kappa shape index (κ3) is 7.53. The molecular formula is C23H27BrClN3O4. The Hall–Kier alpha value is -2.58. The molecule has 9 heteroatoms. The van der Waals surface area contributed by atoms with Gasteiger partial charge in [0, 0.05) is 10.6 Å². The summed E-state index contributed by atoms with van der Waals surface area (Å²) in [6, 6.07) is 9.29. The second-order valence-corrected chi connectivity index (χ2v) is 8.65. The Morgan fingerprint density at radius 2 is 1.91 bits per heavy atom. The van der Waals surface area contributed by atoms with E-state index in [9.17, 15) is 9.59 Å². The number of hydrazone groups is 1. The van der Waals surface area contributed by atoms with Crippen LogP contribution in [0.2, 0.25) is 5.02 Å². The van der Waals surface area contributed by atoms with Gasteiger partial charge in [0.05, 0.1) is 24.4 Å². The molecule has 7 nitrogen and oxygen atoms in total. The van der Waals surface area contributed by atoms with Gasteiger partial charge in [-0.2, -0.15) is 5.10 Å². The summed E-state index contributed by atoms with van der Waals surface area (Å²) in [7, 11) is 1.56. The maximum absolute atomic E-state index is 12.7. The lowest BCUT2D eigenvalue weighted by Crippen LogP contribution is -2.46. The first kappa shape index (κ1) is 25.7. The van der Waals surface area contributed by atoms with E-state index in [1.807, 2.05) is 20.8 Å². The summed E-state index contributed by atoms with van der Waals surface area (Å²) in [5.74, 6) is 0.563. The lowest BCUT2D eigenvalue weighted by molar-refractivity contribution is -0.123. The van der Waals surface area contributed by atoms with E-state index in [1.165, 1.54) is 6.21 Å². The summed E-state index contributed by atoms with van der Waals surface area (Å²) >= 11 is 9.32. The maximum atomic E-state index is 12.7. The van der Waals surface area contributed by atoms with Gasteiger partial charge < -0.3 is 14.8 Å². The van der Waals surface area contributed by atoms with Crippen molar-refractivity contribution in [1.29, 1.82) is 0 Å². The van der Waals surface area contributed by atoms with Crippen LogP contribution in [0.15, 0.2) is 46.0 Å². The number of methoxy groups -OCH3 is 1. The van der Waals surface area contributed by atoms with Gasteiger partial charge in [0.2, 0.25) is 0 Å². The maximum Gasteiger partial charge on any atom is 0.262 e. The third-order valence-corrected chi connectivity index (χ3v) is 5.20. The van der Waals surface area contributed by atoms with Crippen molar-refractivity contribution in [3.05, 3.63) is 57.0 Å². The van der Waals surface area contributed by atoms with Gasteiger partial charge in [0.25, 0.3) is 11.8 Å². The number of amides is 2. The fourth-order valence-corrected chi connectivity index (χ4v) is 3.67. The standard InChI is InChI=1S/C23H27BrClN3O4/c1-5-32-20-12-15(11-18(24)21(20)31-4)13-26-28-23(30)19(10-14(2)3)27-22(29)16-6-8-17(25)9-7-16/h6-9,11-14,19H,5,10H2,1-4H3,(H,27,29)(H,28,30). The summed E-state index contributed by atoms with van der Waals surface area (Å²) < 4.78 is 11.6. The summed E-state index contributed by atoms with van der Waals surface area (Å²) in [4.78, 5) is 25.3. The molecule has 172 valence electrons. The minimum Gasteiger partial charge on any atom is -0.492 e. The van der Waals surface area contributed by atoms with Crippen LogP contribution >= 0.6 is 27.5 Å². The number of ether oxygens (including phenoxy) is 2. The van der Waals surface area contributed by atoms with Crippen molar-refractivity contribution < 1.29 is 19.1 Å². The number of nitrogens with zero attached hydrogens (tertiary/aromatic N) is 1. The van der Waals surface area contributed by atoms with E-state index in [0.717, 1.165) is 0 Å². The third-order valence-electron chi connectivity index (χ3n) is 4.36. The van der Waals surface area contributed by atoms with Crippen LogP contribution in [-0.4, -0.2) is 37.8 Å². The highest BCUT2D eigenvalue weighted by atomic mass is 79.9. The molecule has 0 radical (unpaired) electrons. The van der Waals surface area contributed by atoms with Crippen LogP contribution in [0.4, 0.5) is 0 Å². The number of carbonyl (C=O) groups excluding carboxylic acids is 2. The van der Waals surface area contributed by atoms with Crippen molar-refractivity contribution in [3.8, 4) is 11.5 Å². The number of halogens is 2. The molecular weight excluding hydrogens is 498 g/mol. The van der Waals surface area contributed by atoms with E-state index in [-0.39, 0.29) is 11.8 Å². The topological polar surface area (TPSA) is 89.0 Å². The smallest absolute Gasteiger partial charge is 0.262 e. The van der Waals surface area contributed by atoms with Crippen LogP contribution in [0.5, 0.6) is 11.5 Å². The number of rotatable bonds is 10.